The number of aromatic nitrogens is 3. The van der Waals surface area contributed by atoms with Crippen molar-refractivity contribution in [2.75, 3.05) is 13.1 Å². The van der Waals surface area contributed by atoms with Crippen molar-refractivity contribution >= 4 is 0 Å². The largest absolute Gasteiger partial charge is 0.329 e. The van der Waals surface area contributed by atoms with E-state index in [4.69, 9.17) is 5.73 Å². The van der Waals surface area contributed by atoms with Gasteiger partial charge in [-0.05, 0) is 19.3 Å². The van der Waals surface area contributed by atoms with Crippen LogP contribution in [0.2, 0.25) is 0 Å². The van der Waals surface area contributed by atoms with Crippen molar-refractivity contribution in [2.24, 2.45) is 5.73 Å². The van der Waals surface area contributed by atoms with E-state index in [1.54, 1.807) is 6.33 Å². The first kappa shape index (κ1) is 13.5. The van der Waals surface area contributed by atoms with Gasteiger partial charge in [0, 0.05) is 25.7 Å². The van der Waals surface area contributed by atoms with Crippen molar-refractivity contribution in [1.29, 1.82) is 0 Å². The van der Waals surface area contributed by atoms with E-state index < -0.39 is 0 Å². The molecule has 0 aliphatic heterocycles. The Kier molecular flexibility index (Phi) is 5.13. The predicted octanol–water partition coefficient (Wildman–Crippen LogP) is 1.39. The van der Waals surface area contributed by atoms with Crippen LogP contribution in [0.5, 0.6) is 0 Å². The molecule has 2 rings (SSSR count). The van der Waals surface area contributed by atoms with Crippen molar-refractivity contribution in [3.05, 3.63) is 12.2 Å². The van der Waals surface area contributed by atoms with Crippen molar-refractivity contribution in [2.45, 2.75) is 58.2 Å². The van der Waals surface area contributed by atoms with Crippen LogP contribution in [0.3, 0.4) is 0 Å². The maximum atomic E-state index is 5.74. The van der Waals surface area contributed by atoms with E-state index in [0.29, 0.717) is 6.04 Å². The molecule has 0 radical (unpaired) electrons. The van der Waals surface area contributed by atoms with Crippen LogP contribution in [-0.2, 0) is 13.1 Å². The summed E-state index contributed by atoms with van der Waals surface area (Å²) in [5.74, 6) is 1.08. The quantitative estimate of drug-likeness (QED) is 0.795. The van der Waals surface area contributed by atoms with Crippen LogP contribution in [0.15, 0.2) is 6.33 Å². The molecule has 0 saturated heterocycles. The zero-order valence-corrected chi connectivity index (χ0v) is 11.4. The third-order valence-electron chi connectivity index (χ3n) is 3.73. The van der Waals surface area contributed by atoms with Crippen LogP contribution >= 0.6 is 0 Å². The molecule has 18 heavy (non-hydrogen) atoms. The number of nitrogens with zero attached hydrogens (tertiary/aromatic N) is 4. The van der Waals surface area contributed by atoms with E-state index in [9.17, 15) is 0 Å². The van der Waals surface area contributed by atoms with Gasteiger partial charge < -0.3 is 5.73 Å². The zero-order valence-electron chi connectivity index (χ0n) is 11.4. The molecule has 1 aromatic heterocycles. The molecule has 5 heteroatoms. The van der Waals surface area contributed by atoms with Gasteiger partial charge in [0.2, 0.25) is 0 Å². The second-order valence-electron chi connectivity index (χ2n) is 5.10. The topological polar surface area (TPSA) is 60.0 Å². The van der Waals surface area contributed by atoms with E-state index in [-0.39, 0.29) is 0 Å². The van der Waals surface area contributed by atoms with Crippen molar-refractivity contribution < 1.29 is 0 Å². The van der Waals surface area contributed by atoms with Crippen molar-refractivity contribution in [3.8, 4) is 0 Å². The van der Waals surface area contributed by atoms with Crippen LogP contribution in [0, 0.1) is 0 Å². The first-order valence-electron chi connectivity index (χ1n) is 7.16. The lowest BCUT2D eigenvalue weighted by atomic mass is 10.2. The fourth-order valence-corrected chi connectivity index (χ4v) is 2.82. The molecule has 1 aliphatic carbocycles. The van der Waals surface area contributed by atoms with Gasteiger partial charge in [0.15, 0.2) is 0 Å². The standard InChI is InChI=1S/C13H25N5/c1-2-8-18-13(15-11-16-18)10-17(9-7-14)12-5-3-4-6-12/h11-12H,2-10,14H2,1H3. The van der Waals surface area contributed by atoms with Gasteiger partial charge in [-0.15, -0.1) is 0 Å². The molecule has 2 N–H and O–H groups in total. The molecule has 1 heterocycles. The van der Waals surface area contributed by atoms with Crippen LogP contribution < -0.4 is 5.73 Å². The highest BCUT2D eigenvalue weighted by atomic mass is 15.3. The third kappa shape index (κ3) is 3.29. The Morgan fingerprint density at radius 1 is 1.44 bits per heavy atom. The van der Waals surface area contributed by atoms with Gasteiger partial charge in [-0.25, -0.2) is 9.67 Å². The second kappa shape index (κ2) is 6.85. The summed E-state index contributed by atoms with van der Waals surface area (Å²) in [5, 5.41) is 4.29. The summed E-state index contributed by atoms with van der Waals surface area (Å²) < 4.78 is 2.03. The Labute approximate surface area is 109 Å². The Morgan fingerprint density at radius 3 is 2.89 bits per heavy atom. The first-order valence-corrected chi connectivity index (χ1v) is 7.16. The van der Waals surface area contributed by atoms with Gasteiger partial charge in [0.25, 0.3) is 0 Å². The average Bonchev–Trinajstić information content (AvgIpc) is 3.01. The Bertz CT molecular complexity index is 343. The SMILES string of the molecule is CCCn1ncnc1CN(CCN)C1CCCC1. The second-order valence-corrected chi connectivity index (χ2v) is 5.10. The minimum atomic E-state index is 0.695. The summed E-state index contributed by atoms with van der Waals surface area (Å²) in [5.41, 5.74) is 5.74. The Balaban J connectivity index is 2.00. The Morgan fingerprint density at radius 2 is 2.22 bits per heavy atom. The van der Waals surface area contributed by atoms with E-state index in [0.717, 1.165) is 38.4 Å². The van der Waals surface area contributed by atoms with Crippen molar-refractivity contribution in [3.63, 3.8) is 0 Å². The molecular formula is C13H25N5. The average molecular weight is 251 g/mol. The number of nitrogens with two attached hydrogens (primary N) is 1. The molecule has 0 bridgehead atoms. The van der Waals surface area contributed by atoms with Gasteiger partial charge in [0.1, 0.15) is 12.2 Å². The lowest BCUT2D eigenvalue weighted by Gasteiger charge is -2.27. The van der Waals surface area contributed by atoms with Gasteiger partial charge in [-0.3, -0.25) is 4.90 Å². The minimum Gasteiger partial charge on any atom is -0.329 e. The maximum Gasteiger partial charge on any atom is 0.141 e. The van der Waals surface area contributed by atoms with Gasteiger partial charge >= 0.3 is 0 Å². The van der Waals surface area contributed by atoms with Gasteiger partial charge in [0.05, 0.1) is 6.54 Å². The molecule has 102 valence electrons. The molecule has 1 fully saturated rings. The lowest BCUT2D eigenvalue weighted by Crippen LogP contribution is -2.37. The molecule has 0 atom stereocenters. The zero-order chi connectivity index (χ0) is 12.8. The number of rotatable bonds is 7. The smallest absolute Gasteiger partial charge is 0.141 e. The Hall–Kier alpha value is -0.940. The number of hydrogen-bond acceptors (Lipinski definition) is 4. The molecular weight excluding hydrogens is 226 g/mol. The van der Waals surface area contributed by atoms with Gasteiger partial charge in [-0.1, -0.05) is 19.8 Å². The maximum absolute atomic E-state index is 5.74. The van der Waals surface area contributed by atoms with Crippen LogP contribution in [0.25, 0.3) is 0 Å². The van der Waals surface area contributed by atoms with Crippen LogP contribution in [0.4, 0.5) is 0 Å². The summed E-state index contributed by atoms with van der Waals surface area (Å²) in [7, 11) is 0. The van der Waals surface area contributed by atoms with E-state index in [1.165, 1.54) is 25.7 Å². The van der Waals surface area contributed by atoms with Gasteiger partial charge in [-0.2, -0.15) is 5.10 Å². The molecule has 1 aliphatic rings. The van der Waals surface area contributed by atoms with E-state index in [2.05, 4.69) is 21.9 Å². The van der Waals surface area contributed by atoms with Crippen LogP contribution in [-0.4, -0.2) is 38.8 Å². The molecule has 0 amide bonds. The summed E-state index contributed by atoms with van der Waals surface area (Å²) in [6, 6.07) is 0.695. The molecule has 1 aromatic rings. The lowest BCUT2D eigenvalue weighted by molar-refractivity contribution is 0.187. The highest BCUT2D eigenvalue weighted by Gasteiger charge is 2.23. The third-order valence-corrected chi connectivity index (χ3v) is 3.73. The fourth-order valence-electron chi connectivity index (χ4n) is 2.82. The summed E-state index contributed by atoms with van der Waals surface area (Å²) >= 11 is 0. The highest BCUT2D eigenvalue weighted by Crippen LogP contribution is 2.24. The van der Waals surface area contributed by atoms with E-state index in [1.807, 2.05) is 4.68 Å². The first-order chi connectivity index (χ1) is 8.85. The number of aryl methyl sites for hydroxylation is 1. The summed E-state index contributed by atoms with van der Waals surface area (Å²) in [4.78, 5) is 6.89. The monoisotopic (exact) mass is 251 g/mol. The fraction of sp³-hybridized carbons (Fsp3) is 0.846. The molecule has 0 aromatic carbocycles. The molecule has 5 nitrogen and oxygen atoms in total. The molecule has 0 spiro atoms. The number of hydrogen-bond donors (Lipinski definition) is 1. The predicted molar refractivity (Wildman–Crippen MR) is 72.0 cm³/mol. The highest BCUT2D eigenvalue weighted by molar-refractivity contribution is 4.88. The molecule has 0 unspecified atom stereocenters. The normalized spacial score (nSPS) is 16.8. The minimum absolute atomic E-state index is 0.695. The van der Waals surface area contributed by atoms with E-state index >= 15 is 0 Å². The molecule has 1 saturated carbocycles. The van der Waals surface area contributed by atoms with Crippen LogP contribution in [0.1, 0.15) is 44.9 Å². The summed E-state index contributed by atoms with van der Waals surface area (Å²) in [6.07, 6.45) is 8.08. The van der Waals surface area contributed by atoms with Crippen molar-refractivity contribution in [1.82, 2.24) is 19.7 Å². The summed E-state index contributed by atoms with van der Waals surface area (Å²) in [6.45, 7) is 5.69.